The van der Waals surface area contributed by atoms with Crippen molar-refractivity contribution in [3.05, 3.63) is 144 Å². The normalized spacial score (nSPS) is 16.1. The number of guanidine groups is 1. The molecule has 1 saturated heterocycles. The zero-order valence-electron chi connectivity index (χ0n) is 55.4. The first-order chi connectivity index (χ1) is 45.3. The summed E-state index contributed by atoms with van der Waals surface area (Å²) in [7, 11) is 0. The van der Waals surface area contributed by atoms with Gasteiger partial charge in [-0.05, 0) is 91.5 Å². The molecule has 0 bridgehead atoms. The molecule has 1 aliphatic rings. The molecule has 0 aliphatic carbocycles. The predicted molar refractivity (Wildman–Crippen MR) is 362 cm³/mol. The molecule has 512 valence electrons. The zero-order chi connectivity index (χ0) is 69.3. The van der Waals surface area contributed by atoms with E-state index in [-0.39, 0.29) is 88.2 Å². The fourth-order valence-corrected chi connectivity index (χ4v) is 11.4. The molecule has 1 aliphatic heterocycles. The molecule has 25 heteroatoms. The largest absolute Gasteiger partial charge is 0.480 e. The van der Waals surface area contributed by atoms with Crippen LogP contribution in [0, 0.1) is 17.8 Å². The fraction of sp³-hybridized carbons (Fsp3) is 0.471. The zero-order valence-corrected chi connectivity index (χ0v) is 55.4. The van der Waals surface area contributed by atoms with Crippen LogP contribution in [0.15, 0.2) is 126 Å². The summed E-state index contributed by atoms with van der Waals surface area (Å²) >= 11 is 0. The lowest BCUT2D eigenvalue weighted by molar-refractivity contribution is -0.143. The van der Waals surface area contributed by atoms with E-state index in [1.54, 1.807) is 97.2 Å². The Labute approximate surface area is 555 Å². The van der Waals surface area contributed by atoms with Gasteiger partial charge in [0.1, 0.15) is 54.4 Å². The van der Waals surface area contributed by atoms with Crippen LogP contribution in [0.25, 0.3) is 10.9 Å². The van der Waals surface area contributed by atoms with Gasteiger partial charge in [0.15, 0.2) is 5.96 Å². The first-order valence-corrected chi connectivity index (χ1v) is 32.8. The number of amides is 9. The summed E-state index contributed by atoms with van der Waals surface area (Å²) in [5.74, 6) is -8.26. The van der Waals surface area contributed by atoms with Crippen molar-refractivity contribution in [3.8, 4) is 0 Å². The fourth-order valence-electron chi connectivity index (χ4n) is 11.4. The van der Waals surface area contributed by atoms with Crippen molar-refractivity contribution in [2.75, 3.05) is 13.1 Å². The van der Waals surface area contributed by atoms with Gasteiger partial charge in [-0.2, -0.15) is 0 Å². The lowest BCUT2D eigenvalue weighted by Gasteiger charge is -2.32. The smallest absolute Gasteiger partial charge is 0.325 e. The van der Waals surface area contributed by atoms with E-state index in [2.05, 4.69) is 52.5 Å². The van der Waals surface area contributed by atoms with Crippen LogP contribution in [0.1, 0.15) is 116 Å². The van der Waals surface area contributed by atoms with E-state index >= 15 is 4.79 Å². The Balaban J connectivity index is 1.24. The van der Waals surface area contributed by atoms with Gasteiger partial charge in [-0.3, -0.25) is 52.9 Å². The number of aromatic amines is 1. The molecule has 0 saturated carbocycles. The number of nitrogens with one attached hydrogen (secondary N) is 9. The maximum absolute atomic E-state index is 15.1. The number of aliphatic imine (C=N–C) groups is 1. The number of carboxylic acid groups (broad SMARTS) is 1. The monoisotopic (exact) mass is 1310 g/mol. The van der Waals surface area contributed by atoms with E-state index in [0.717, 1.165) is 10.9 Å². The van der Waals surface area contributed by atoms with Crippen LogP contribution in [0.5, 0.6) is 0 Å². The van der Waals surface area contributed by atoms with E-state index in [9.17, 15) is 48.3 Å². The number of nitrogens with zero attached hydrogens (tertiary/aromatic N) is 2. The molecule has 1 fully saturated rings. The van der Waals surface area contributed by atoms with Gasteiger partial charge in [-0.15, -0.1) is 0 Å². The van der Waals surface area contributed by atoms with Crippen molar-refractivity contribution in [2.24, 2.45) is 39.9 Å². The van der Waals surface area contributed by atoms with Gasteiger partial charge in [-0.1, -0.05) is 157 Å². The number of carbonyl (C=O) groups is 10. The van der Waals surface area contributed by atoms with Crippen LogP contribution < -0.4 is 59.7 Å². The molecule has 9 amide bonds. The molecule has 0 unspecified atom stereocenters. The Morgan fingerprint density at radius 2 is 0.989 bits per heavy atom. The van der Waals surface area contributed by atoms with E-state index in [0.29, 0.717) is 41.5 Å². The van der Waals surface area contributed by atoms with Gasteiger partial charge in [0.2, 0.25) is 53.2 Å². The number of H-pyrrole nitrogens is 1. The van der Waals surface area contributed by atoms with Gasteiger partial charge >= 0.3 is 5.97 Å². The highest BCUT2D eigenvalue weighted by Gasteiger charge is 2.42. The lowest BCUT2D eigenvalue weighted by atomic mass is 9.96. The van der Waals surface area contributed by atoms with E-state index < -0.39 is 120 Å². The molecular weight excluding hydrogens is 1210 g/mol. The molecule has 2 heterocycles. The highest BCUT2D eigenvalue weighted by atomic mass is 16.4. The van der Waals surface area contributed by atoms with Crippen molar-refractivity contribution in [1.29, 1.82) is 0 Å². The third kappa shape index (κ3) is 23.1. The molecule has 11 atom stereocenters. The molecule has 6 rings (SSSR count). The molecule has 25 nitrogen and oxygen atoms in total. The van der Waals surface area contributed by atoms with Crippen molar-refractivity contribution >= 4 is 76.0 Å². The average molecular weight is 1310 g/mol. The molecular formula is C70H96N14O11. The molecule has 0 radical (unpaired) electrons. The van der Waals surface area contributed by atoms with Crippen molar-refractivity contribution < 1.29 is 53.1 Å². The number of hydrogen-bond donors (Lipinski definition) is 13. The van der Waals surface area contributed by atoms with Crippen LogP contribution in [0.4, 0.5) is 0 Å². The number of hydrogen-bond acceptors (Lipinski definition) is 12. The maximum atomic E-state index is 15.1. The molecule has 1 aromatic heterocycles. The highest BCUT2D eigenvalue weighted by molar-refractivity contribution is 5.99. The average Bonchev–Trinajstić information content (AvgIpc) is 1.77. The second-order valence-corrected chi connectivity index (χ2v) is 25.4. The number of benzene rings is 4. The number of carboxylic acids is 1. The van der Waals surface area contributed by atoms with Crippen LogP contribution in [-0.2, 0) is 73.6 Å². The second-order valence-electron chi connectivity index (χ2n) is 25.4. The number of para-hydroxylation sites is 1. The number of rotatable bonds is 36. The number of likely N-dealkylation sites (tertiary alicyclic amines) is 1. The summed E-state index contributed by atoms with van der Waals surface area (Å²) in [5.41, 5.74) is 20.5. The number of nitrogens with two attached hydrogens (primary N) is 3. The molecule has 0 spiro atoms. The Kier molecular flexibility index (Phi) is 28.7. The standard InChI is InChI=1S/C70H96N14O11/c1-8-43(6)59(83-60(85)50(71)29-20-32-74-70(72)73)68(93)84-33-21-31-58(84)67(92)82-56(38-47-26-16-11-17-27-47)66(91)78-52(34-41(2)3)62(87)79-55(37-46-24-14-10-15-25-46)65(90)80-54(36-45-22-12-9-13-23-45)64(89)77-53(35-42(4)5)63(88)81-57(61(86)76-44(7)69(94)95)39-48-40-75-51-30-19-18-28-49(48)51/h9-19,22-28,30,40-44,50,52-59,75H,8,20-21,29,31-39,71H2,1-7H3,(H,76,86)(H,77,89)(H,78,91)(H,79,87)(H,80,90)(H,81,88)(H,82,92)(H,83,85)(H,94,95)(H4,72,73,74)/t43-,44-,50-,52-,53-,54-,55-,56-,57-,58-,59-/m0/s1. The summed E-state index contributed by atoms with van der Waals surface area (Å²) in [6, 6.07) is 21.9. The minimum absolute atomic E-state index is 0.0156. The van der Waals surface area contributed by atoms with Gasteiger partial charge in [0, 0.05) is 55.9 Å². The van der Waals surface area contributed by atoms with E-state index in [1.165, 1.54) is 11.8 Å². The number of aliphatic carboxylic acids is 1. The summed E-state index contributed by atoms with van der Waals surface area (Å²) < 4.78 is 0. The molecule has 5 aromatic rings. The third-order valence-corrected chi connectivity index (χ3v) is 16.8. The first kappa shape index (κ1) is 74.4. The Morgan fingerprint density at radius 3 is 1.45 bits per heavy atom. The van der Waals surface area contributed by atoms with Gasteiger partial charge in [0.05, 0.1) is 6.04 Å². The van der Waals surface area contributed by atoms with Crippen LogP contribution in [0.3, 0.4) is 0 Å². The predicted octanol–water partition coefficient (Wildman–Crippen LogP) is 2.93. The summed E-state index contributed by atoms with van der Waals surface area (Å²) in [4.78, 5) is 151. The van der Waals surface area contributed by atoms with E-state index in [4.69, 9.17) is 17.2 Å². The highest BCUT2D eigenvalue weighted by Crippen LogP contribution is 2.24. The Bertz CT molecular complexity index is 3420. The first-order valence-electron chi connectivity index (χ1n) is 32.8. The minimum atomic E-state index is -1.37. The SMILES string of the molecule is CC[C@H](C)[C@H](NC(=O)[C@@H](N)CCCN=C(N)N)C(=O)N1CCC[C@H]1C(=O)N[C@@H](Cc1ccccc1)C(=O)N[C@@H](CC(C)C)C(=O)N[C@@H](Cc1ccccc1)C(=O)N[C@@H](Cc1ccccc1)C(=O)N[C@@H](CC(C)C)C(=O)N[C@@H](Cc1c[nH]c2ccccc12)C(=O)N[C@@H](C)C(=O)O. The Morgan fingerprint density at radius 1 is 0.558 bits per heavy atom. The molecule has 95 heavy (non-hydrogen) atoms. The summed E-state index contributed by atoms with van der Waals surface area (Å²) in [5, 5.41) is 32.9. The van der Waals surface area contributed by atoms with Gasteiger partial charge in [0.25, 0.3) is 0 Å². The summed E-state index contributed by atoms with van der Waals surface area (Å²) in [6.07, 6.45) is 3.57. The van der Waals surface area contributed by atoms with Gasteiger partial charge < -0.3 is 74.7 Å². The number of fused-ring (bicyclic) bond motifs is 1. The molecule has 4 aromatic carbocycles. The number of carbonyl (C=O) groups excluding carboxylic acids is 9. The Hall–Kier alpha value is -9.65. The third-order valence-electron chi connectivity index (χ3n) is 16.8. The van der Waals surface area contributed by atoms with E-state index in [1.807, 2.05) is 65.8 Å². The van der Waals surface area contributed by atoms with Crippen LogP contribution in [-0.4, -0.2) is 154 Å². The van der Waals surface area contributed by atoms with Crippen molar-refractivity contribution in [1.82, 2.24) is 52.4 Å². The lowest BCUT2D eigenvalue weighted by Crippen LogP contribution is -2.61. The summed E-state index contributed by atoms with van der Waals surface area (Å²) in [6.45, 7) is 12.9. The molecule has 16 N–H and O–H groups in total. The maximum Gasteiger partial charge on any atom is 0.325 e. The van der Waals surface area contributed by atoms with Gasteiger partial charge in [-0.25, -0.2) is 0 Å². The van der Waals surface area contributed by atoms with Crippen molar-refractivity contribution in [2.45, 2.75) is 180 Å². The number of aromatic nitrogens is 1. The second kappa shape index (κ2) is 36.7. The topological polar surface area (TPSA) is 397 Å². The van der Waals surface area contributed by atoms with Crippen molar-refractivity contribution in [3.63, 3.8) is 0 Å². The van der Waals surface area contributed by atoms with Crippen LogP contribution in [0.2, 0.25) is 0 Å². The van der Waals surface area contributed by atoms with Crippen LogP contribution >= 0.6 is 0 Å². The minimum Gasteiger partial charge on any atom is -0.480 e. The quantitative estimate of drug-likeness (QED) is 0.0156.